The van der Waals surface area contributed by atoms with Gasteiger partial charge in [-0.2, -0.15) is 5.26 Å². The number of rotatable bonds is 3. The summed E-state index contributed by atoms with van der Waals surface area (Å²) < 4.78 is 1.79. The topological polar surface area (TPSA) is 74.7 Å². The molecule has 1 fully saturated rings. The van der Waals surface area contributed by atoms with Crippen molar-refractivity contribution in [2.45, 2.75) is 25.8 Å². The molecule has 21 heavy (non-hydrogen) atoms. The van der Waals surface area contributed by atoms with Gasteiger partial charge in [-0.3, -0.25) is 0 Å². The lowest BCUT2D eigenvalue weighted by atomic mass is 10.1. The lowest BCUT2D eigenvalue weighted by Gasteiger charge is -2.12. The molecule has 0 bridgehead atoms. The summed E-state index contributed by atoms with van der Waals surface area (Å²) in [4.78, 5) is 0. The summed E-state index contributed by atoms with van der Waals surface area (Å²) in [6.45, 7) is 2.18. The van der Waals surface area contributed by atoms with Crippen LogP contribution in [0.2, 0.25) is 0 Å². The molecule has 3 rings (SSSR count). The molecule has 0 amide bonds. The standard InChI is InChI=1S/C16H18N4O/c1-11-2-4-13(5-3-11)15-9-20(19-18-15)16-7-12(10-21)6-14(16)8-17/h2-5,9,12,14,16,21H,6-7,10H2,1H3/t12-,14+,16-/m0/s1. The van der Waals surface area contributed by atoms with Crippen LogP contribution in [0.1, 0.15) is 24.4 Å². The van der Waals surface area contributed by atoms with E-state index in [1.54, 1.807) is 4.68 Å². The Balaban J connectivity index is 1.85. The fourth-order valence-corrected chi connectivity index (χ4v) is 2.99. The predicted molar refractivity (Wildman–Crippen MR) is 78.1 cm³/mol. The molecule has 1 N–H and O–H groups in total. The number of hydrogen-bond donors (Lipinski definition) is 1. The van der Waals surface area contributed by atoms with Crippen molar-refractivity contribution < 1.29 is 5.11 Å². The highest BCUT2D eigenvalue weighted by molar-refractivity contribution is 5.57. The summed E-state index contributed by atoms with van der Waals surface area (Å²) in [5.74, 6) is 0.0846. The van der Waals surface area contributed by atoms with Crippen LogP contribution in [0.3, 0.4) is 0 Å². The van der Waals surface area contributed by atoms with Crippen molar-refractivity contribution in [1.82, 2.24) is 15.0 Å². The molecule has 0 saturated heterocycles. The Morgan fingerprint density at radius 1 is 1.33 bits per heavy atom. The minimum atomic E-state index is -0.102. The Bertz CT molecular complexity index is 656. The highest BCUT2D eigenvalue weighted by Crippen LogP contribution is 2.39. The number of hydrogen-bond acceptors (Lipinski definition) is 4. The first-order valence-corrected chi connectivity index (χ1v) is 7.20. The zero-order valence-corrected chi connectivity index (χ0v) is 12.0. The fourth-order valence-electron chi connectivity index (χ4n) is 2.99. The summed E-state index contributed by atoms with van der Waals surface area (Å²) in [6, 6.07) is 10.5. The van der Waals surface area contributed by atoms with Crippen LogP contribution in [0, 0.1) is 30.1 Å². The molecule has 0 radical (unpaired) electrons. The van der Waals surface area contributed by atoms with Gasteiger partial charge in [0.25, 0.3) is 0 Å². The largest absolute Gasteiger partial charge is 0.396 e. The highest BCUT2D eigenvalue weighted by Gasteiger charge is 2.36. The minimum Gasteiger partial charge on any atom is -0.396 e. The molecule has 1 aliphatic rings. The number of aromatic nitrogens is 3. The highest BCUT2D eigenvalue weighted by atomic mass is 16.3. The van der Waals surface area contributed by atoms with Gasteiger partial charge in [-0.25, -0.2) is 4.68 Å². The molecule has 3 atom stereocenters. The Kier molecular flexibility index (Phi) is 3.72. The molecule has 1 aliphatic carbocycles. The van der Waals surface area contributed by atoms with Crippen molar-refractivity contribution in [2.24, 2.45) is 11.8 Å². The van der Waals surface area contributed by atoms with E-state index in [2.05, 4.69) is 16.4 Å². The average molecular weight is 282 g/mol. The van der Waals surface area contributed by atoms with E-state index in [1.165, 1.54) is 5.56 Å². The number of benzene rings is 1. The van der Waals surface area contributed by atoms with Crippen molar-refractivity contribution in [1.29, 1.82) is 5.26 Å². The quantitative estimate of drug-likeness (QED) is 0.937. The molecule has 5 heteroatoms. The van der Waals surface area contributed by atoms with E-state index in [0.29, 0.717) is 0 Å². The van der Waals surface area contributed by atoms with Gasteiger partial charge in [-0.15, -0.1) is 5.10 Å². The molecule has 1 aromatic carbocycles. The molecule has 2 aromatic rings. The second kappa shape index (κ2) is 5.66. The molecule has 0 spiro atoms. The first-order valence-electron chi connectivity index (χ1n) is 7.20. The summed E-state index contributed by atoms with van der Waals surface area (Å²) in [5, 5.41) is 27.0. The zero-order chi connectivity index (χ0) is 14.8. The SMILES string of the molecule is Cc1ccc(-c2cn([C@H]3C[C@@H](CO)C[C@@H]3C#N)nn2)cc1. The van der Waals surface area contributed by atoms with Crippen molar-refractivity contribution >= 4 is 0 Å². The summed E-state index contributed by atoms with van der Waals surface area (Å²) in [5.41, 5.74) is 3.05. The van der Waals surface area contributed by atoms with E-state index < -0.39 is 0 Å². The Hall–Kier alpha value is -2.19. The molecule has 5 nitrogen and oxygen atoms in total. The Labute approximate surface area is 123 Å². The zero-order valence-electron chi connectivity index (χ0n) is 12.0. The third-order valence-corrected chi connectivity index (χ3v) is 4.25. The van der Waals surface area contributed by atoms with Crippen molar-refractivity contribution in [3.63, 3.8) is 0 Å². The Morgan fingerprint density at radius 3 is 2.76 bits per heavy atom. The smallest absolute Gasteiger partial charge is 0.113 e. The molecular weight excluding hydrogens is 264 g/mol. The van der Waals surface area contributed by atoms with E-state index in [1.807, 2.05) is 37.4 Å². The average Bonchev–Trinajstić information content (AvgIpc) is 3.14. The van der Waals surface area contributed by atoms with Gasteiger partial charge in [0, 0.05) is 12.2 Å². The number of aryl methyl sites for hydroxylation is 1. The van der Waals surface area contributed by atoms with Crippen molar-refractivity contribution in [3.05, 3.63) is 36.0 Å². The number of aliphatic hydroxyl groups is 1. The summed E-state index contributed by atoms with van der Waals surface area (Å²) in [7, 11) is 0. The lowest BCUT2D eigenvalue weighted by molar-refractivity contribution is 0.225. The van der Waals surface area contributed by atoms with E-state index >= 15 is 0 Å². The van der Waals surface area contributed by atoms with Crippen molar-refractivity contribution in [2.75, 3.05) is 6.61 Å². The molecule has 108 valence electrons. The molecule has 1 saturated carbocycles. The number of aliphatic hydroxyl groups excluding tert-OH is 1. The van der Waals surface area contributed by atoms with Crippen LogP contribution in [-0.2, 0) is 0 Å². The predicted octanol–water partition coefficient (Wildman–Crippen LogP) is 2.34. The van der Waals surface area contributed by atoms with Gasteiger partial charge >= 0.3 is 0 Å². The van der Waals surface area contributed by atoms with Gasteiger partial charge in [-0.05, 0) is 25.7 Å². The van der Waals surface area contributed by atoms with Gasteiger partial charge in [0.15, 0.2) is 0 Å². The summed E-state index contributed by atoms with van der Waals surface area (Å²) >= 11 is 0. The number of nitrogens with zero attached hydrogens (tertiary/aromatic N) is 4. The minimum absolute atomic E-state index is 0.0128. The van der Waals surface area contributed by atoms with E-state index in [-0.39, 0.29) is 24.5 Å². The monoisotopic (exact) mass is 282 g/mol. The first-order chi connectivity index (χ1) is 10.2. The van der Waals surface area contributed by atoms with Crippen LogP contribution in [0.5, 0.6) is 0 Å². The second-order valence-electron chi connectivity index (χ2n) is 5.77. The maximum atomic E-state index is 9.30. The summed E-state index contributed by atoms with van der Waals surface area (Å²) in [6.07, 6.45) is 3.42. The van der Waals surface area contributed by atoms with Gasteiger partial charge < -0.3 is 5.11 Å². The van der Waals surface area contributed by atoms with Gasteiger partial charge in [-0.1, -0.05) is 35.0 Å². The molecular formula is C16H18N4O. The van der Waals surface area contributed by atoms with E-state index in [0.717, 1.165) is 24.1 Å². The van der Waals surface area contributed by atoms with Gasteiger partial charge in [0.2, 0.25) is 0 Å². The first kappa shape index (κ1) is 13.8. The third kappa shape index (κ3) is 2.67. The molecule has 1 heterocycles. The van der Waals surface area contributed by atoms with E-state index in [9.17, 15) is 10.4 Å². The molecule has 0 aliphatic heterocycles. The van der Waals surface area contributed by atoms with Crippen LogP contribution >= 0.6 is 0 Å². The maximum Gasteiger partial charge on any atom is 0.113 e. The van der Waals surface area contributed by atoms with Crippen LogP contribution in [0.25, 0.3) is 11.3 Å². The Morgan fingerprint density at radius 2 is 2.10 bits per heavy atom. The molecule has 0 unspecified atom stereocenters. The fraction of sp³-hybridized carbons (Fsp3) is 0.438. The number of nitriles is 1. The molecule has 1 aromatic heterocycles. The van der Waals surface area contributed by atoms with E-state index in [4.69, 9.17) is 0 Å². The van der Waals surface area contributed by atoms with Gasteiger partial charge in [0.1, 0.15) is 5.69 Å². The van der Waals surface area contributed by atoms with Crippen LogP contribution in [-0.4, -0.2) is 26.7 Å². The van der Waals surface area contributed by atoms with Crippen LogP contribution in [0.4, 0.5) is 0 Å². The normalized spacial score (nSPS) is 24.9. The van der Waals surface area contributed by atoms with Gasteiger partial charge in [0.05, 0.1) is 24.2 Å². The maximum absolute atomic E-state index is 9.30. The second-order valence-corrected chi connectivity index (χ2v) is 5.77. The van der Waals surface area contributed by atoms with Crippen LogP contribution in [0.15, 0.2) is 30.5 Å². The lowest BCUT2D eigenvalue weighted by Crippen LogP contribution is -2.13. The third-order valence-electron chi connectivity index (χ3n) is 4.25. The van der Waals surface area contributed by atoms with Crippen LogP contribution < -0.4 is 0 Å². The van der Waals surface area contributed by atoms with Crippen molar-refractivity contribution in [3.8, 4) is 17.3 Å².